The highest BCUT2D eigenvalue weighted by Crippen LogP contribution is 2.27. The molecule has 0 aromatic carbocycles. The van der Waals surface area contributed by atoms with Gasteiger partial charge in [-0.05, 0) is 61.3 Å². The molecular weight excluding hydrogens is 244 g/mol. The van der Waals surface area contributed by atoms with E-state index in [1.54, 1.807) is 0 Å². The summed E-state index contributed by atoms with van der Waals surface area (Å²) in [6.45, 7) is 12.7. The van der Waals surface area contributed by atoms with Gasteiger partial charge in [-0.1, -0.05) is 34.6 Å². The summed E-state index contributed by atoms with van der Waals surface area (Å²) >= 11 is 0. The highest BCUT2D eigenvalue weighted by Gasteiger charge is 2.19. The van der Waals surface area contributed by atoms with Crippen molar-refractivity contribution in [1.82, 2.24) is 10.3 Å². The van der Waals surface area contributed by atoms with Crippen molar-refractivity contribution in [2.24, 2.45) is 11.3 Å². The smallest absolute Gasteiger partial charge is 0.0270 e. The number of hydrogen-bond donors (Lipinski definition) is 1. The fourth-order valence-electron chi connectivity index (χ4n) is 3.01. The fraction of sp³-hybridized carbons (Fsp3) is 0.722. The molecule has 0 aliphatic rings. The van der Waals surface area contributed by atoms with E-state index in [1.807, 2.05) is 12.4 Å². The van der Waals surface area contributed by atoms with Gasteiger partial charge < -0.3 is 5.32 Å². The molecule has 2 atom stereocenters. The quantitative estimate of drug-likeness (QED) is 0.758. The van der Waals surface area contributed by atoms with Crippen LogP contribution in [0.1, 0.15) is 59.4 Å². The van der Waals surface area contributed by atoms with E-state index < -0.39 is 0 Å². The van der Waals surface area contributed by atoms with Gasteiger partial charge in [0, 0.05) is 18.4 Å². The third-order valence-electron chi connectivity index (χ3n) is 3.56. The van der Waals surface area contributed by atoms with Gasteiger partial charge in [0.25, 0.3) is 0 Å². The van der Waals surface area contributed by atoms with E-state index in [0.29, 0.717) is 11.5 Å². The first-order valence-electron chi connectivity index (χ1n) is 8.03. The Bertz CT molecular complexity index is 353. The van der Waals surface area contributed by atoms with Crippen molar-refractivity contribution in [3.05, 3.63) is 30.1 Å². The van der Waals surface area contributed by atoms with E-state index in [9.17, 15) is 0 Å². The van der Waals surface area contributed by atoms with Crippen molar-refractivity contribution in [2.75, 3.05) is 6.54 Å². The molecule has 0 radical (unpaired) electrons. The van der Waals surface area contributed by atoms with Gasteiger partial charge in [-0.3, -0.25) is 4.98 Å². The predicted molar refractivity (Wildman–Crippen MR) is 87.9 cm³/mol. The Morgan fingerprint density at radius 3 is 2.40 bits per heavy atom. The van der Waals surface area contributed by atoms with Crippen molar-refractivity contribution in [3.63, 3.8) is 0 Å². The van der Waals surface area contributed by atoms with Crippen LogP contribution in [-0.4, -0.2) is 17.6 Å². The van der Waals surface area contributed by atoms with Crippen LogP contribution < -0.4 is 5.32 Å². The van der Waals surface area contributed by atoms with Crippen molar-refractivity contribution < 1.29 is 0 Å². The summed E-state index contributed by atoms with van der Waals surface area (Å²) in [5.74, 6) is 0.756. The Morgan fingerprint density at radius 2 is 1.85 bits per heavy atom. The van der Waals surface area contributed by atoms with Crippen molar-refractivity contribution in [3.8, 4) is 0 Å². The van der Waals surface area contributed by atoms with Crippen LogP contribution in [0.5, 0.6) is 0 Å². The highest BCUT2D eigenvalue weighted by molar-refractivity contribution is 5.11. The Kier molecular flexibility index (Phi) is 7.22. The minimum atomic E-state index is 0.422. The number of nitrogens with zero attached hydrogens (tertiary/aromatic N) is 1. The summed E-state index contributed by atoms with van der Waals surface area (Å²) in [4.78, 5) is 4.10. The summed E-state index contributed by atoms with van der Waals surface area (Å²) in [6, 6.07) is 4.85. The molecule has 2 nitrogen and oxygen atoms in total. The number of nitrogens with one attached hydrogen (secondary N) is 1. The lowest BCUT2D eigenvalue weighted by atomic mass is 9.82. The highest BCUT2D eigenvalue weighted by atomic mass is 14.9. The van der Waals surface area contributed by atoms with Crippen LogP contribution in [-0.2, 0) is 6.42 Å². The lowest BCUT2D eigenvalue weighted by Gasteiger charge is -2.27. The summed E-state index contributed by atoms with van der Waals surface area (Å²) in [7, 11) is 0. The molecule has 2 heteroatoms. The number of aromatic nitrogens is 1. The van der Waals surface area contributed by atoms with Gasteiger partial charge in [0.1, 0.15) is 0 Å². The number of hydrogen-bond acceptors (Lipinski definition) is 2. The summed E-state index contributed by atoms with van der Waals surface area (Å²) in [5, 5.41) is 3.71. The maximum Gasteiger partial charge on any atom is 0.0270 e. The molecule has 0 saturated carbocycles. The fourth-order valence-corrected chi connectivity index (χ4v) is 3.01. The Morgan fingerprint density at radius 1 is 1.20 bits per heavy atom. The van der Waals surface area contributed by atoms with Crippen LogP contribution in [0.4, 0.5) is 0 Å². The van der Waals surface area contributed by atoms with Crippen molar-refractivity contribution >= 4 is 0 Å². The Balaban J connectivity index is 2.55. The van der Waals surface area contributed by atoms with Gasteiger partial charge in [0.05, 0.1) is 0 Å². The van der Waals surface area contributed by atoms with Gasteiger partial charge in [-0.15, -0.1) is 0 Å². The molecule has 1 N–H and O–H groups in total. The molecule has 2 unspecified atom stereocenters. The van der Waals surface area contributed by atoms with Crippen LogP contribution in [0.3, 0.4) is 0 Å². The van der Waals surface area contributed by atoms with Crippen LogP contribution in [0.25, 0.3) is 0 Å². The van der Waals surface area contributed by atoms with Gasteiger partial charge in [0.2, 0.25) is 0 Å². The molecule has 20 heavy (non-hydrogen) atoms. The van der Waals surface area contributed by atoms with Crippen molar-refractivity contribution in [1.29, 1.82) is 0 Å². The zero-order valence-corrected chi connectivity index (χ0v) is 13.9. The van der Waals surface area contributed by atoms with Gasteiger partial charge in [0.15, 0.2) is 0 Å². The maximum absolute atomic E-state index is 4.10. The Hall–Kier alpha value is -0.890. The first-order chi connectivity index (χ1) is 9.40. The van der Waals surface area contributed by atoms with Crippen LogP contribution >= 0.6 is 0 Å². The molecule has 0 spiro atoms. The van der Waals surface area contributed by atoms with Crippen LogP contribution in [0, 0.1) is 11.3 Å². The van der Waals surface area contributed by atoms with E-state index >= 15 is 0 Å². The third kappa shape index (κ3) is 7.64. The second-order valence-electron chi connectivity index (χ2n) is 7.32. The molecule has 0 saturated heterocycles. The molecule has 0 aliphatic carbocycles. The predicted octanol–water partition coefficient (Wildman–Crippen LogP) is 4.45. The lowest BCUT2D eigenvalue weighted by molar-refractivity contribution is 0.274. The lowest BCUT2D eigenvalue weighted by Crippen LogP contribution is -2.34. The molecule has 114 valence electrons. The molecule has 0 aliphatic heterocycles. The minimum Gasteiger partial charge on any atom is -0.314 e. The van der Waals surface area contributed by atoms with Gasteiger partial charge >= 0.3 is 0 Å². The zero-order valence-electron chi connectivity index (χ0n) is 13.9. The maximum atomic E-state index is 4.10. The van der Waals surface area contributed by atoms with Crippen LogP contribution in [0.2, 0.25) is 0 Å². The van der Waals surface area contributed by atoms with Crippen LogP contribution in [0.15, 0.2) is 24.5 Å². The summed E-state index contributed by atoms with van der Waals surface area (Å²) in [6.07, 6.45) is 8.63. The topological polar surface area (TPSA) is 24.9 Å². The molecule has 1 aromatic rings. The second-order valence-corrected chi connectivity index (χ2v) is 7.32. The van der Waals surface area contributed by atoms with E-state index in [4.69, 9.17) is 0 Å². The molecule has 1 rings (SSSR count). The SMILES string of the molecule is CCCNC(Cc1ccncc1)CC(C)CC(C)(C)C. The molecule has 0 fully saturated rings. The first kappa shape index (κ1) is 17.2. The molecule has 0 bridgehead atoms. The molecular formula is C18H32N2. The molecule has 1 aromatic heterocycles. The summed E-state index contributed by atoms with van der Waals surface area (Å²) in [5.41, 5.74) is 1.81. The number of pyridine rings is 1. The average molecular weight is 276 g/mol. The monoisotopic (exact) mass is 276 g/mol. The Labute approximate surface area is 125 Å². The summed E-state index contributed by atoms with van der Waals surface area (Å²) < 4.78 is 0. The van der Waals surface area contributed by atoms with Gasteiger partial charge in [-0.2, -0.15) is 0 Å². The molecule has 0 amide bonds. The second kappa shape index (κ2) is 8.41. The zero-order chi connectivity index (χ0) is 15.0. The van der Waals surface area contributed by atoms with Crippen molar-refractivity contribution in [2.45, 2.75) is 66.3 Å². The largest absolute Gasteiger partial charge is 0.314 e. The average Bonchev–Trinajstić information content (AvgIpc) is 2.35. The van der Waals surface area contributed by atoms with E-state index in [-0.39, 0.29) is 0 Å². The van der Waals surface area contributed by atoms with Gasteiger partial charge in [-0.25, -0.2) is 0 Å². The normalized spacial score (nSPS) is 15.1. The first-order valence-corrected chi connectivity index (χ1v) is 8.03. The van der Waals surface area contributed by atoms with E-state index in [0.717, 1.165) is 18.9 Å². The minimum absolute atomic E-state index is 0.422. The number of rotatable bonds is 8. The van der Waals surface area contributed by atoms with E-state index in [2.05, 4.69) is 57.1 Å². The standard InChI is InChI=1S/C18H32N2/c1-6-9-20-17(12-15(2)14-18(3,4)5)13-16-7-10-19-11-8-16/h7-8,10-11,15,17,20H,6,9,12-14H2,1-5H3. The third-order valence-corrected chi connectivity index (χ3v) is 3.56. The molecule has 1 heterocycles. The van der Waals surface area contributed by atoms with E-state index in [1.165, 1.54) is 24.8 Å².